The molecular weight excluding hydrogens is 268 g/mol. The van der Waals surface area contributed by atoms with Gasteiger partial charge in [-0.3, -0.25) is 4.98 Å². The number of aromatic hydroxyl groups is 1. The standard InChI is InChI=1S/C12H11BrN2O/c13-9-4-5-14-11(6-9)8-15-10-2-1-3-12(16)7-10/h1-7,15-16H,8H2. The topological polar surface area (TPSA) is 45.1 Å². The number of benzene rings is 1. The maximum atomic E-state index is 9.29. The largest absolute Gasteiger partial charge is 0.508 e. The summed E-state index contributed by atoms with van der Waals surface area (Å²) in [6.45, 7) is 0.628. The Bertz CT molecular complexity index is 442. The molecule has 2 aromatic rings. The van der Waals surface area contributed by atoms with Crippen molar-refractivity contribution < 1.29 is 5.11 Å². The van der Waals surface area contributed by atoms with E-state index in [1.165, 1.54) is 0 Å². The van der Waals surface area contributed by atoms with Crippen molar-refractivity contribution in [2.45, 2.75) is 6.54 Å². The number of nitrogens with zero attached hydrogens (tertiary/aromatic N) is 1. The van der Waals surface area contributed by atoms with Gasteiger partial charge in [-0.1, -0.05) is 22.0 Å². The third-order valence-corrected chi connectivity index (χ3v) is 2.59. The van der Waals surface area contributed by atoms with Crippen LogP contribution >= 0.6 is 15.9 Å². The van der Waals surface area contributed by atoms with Crippen molar-refractivity contribution in [3.63, 3.8) is 0 Å². The molecule has 0 aliphatic carbocycles. The Balaban J connectivity index is 2.02. The lowest BCUT2D eigenvalue weighted by molar-refractivity contribution is 0.475. The van der Waals surface area contributed by atoms with Gasteiger partial charge in [0.15, 0.2) is 0 Å². The van der Waals surface area contributed by atoms with E-state index in [-0.39, 0.29) is 5.75 Å². The highest BCUT2D eigenvalue weighted by Gasteiger charge is 1.97. The Kier molecular flexibility index (Phi) is 3.41. The molecule has 4 heteroatoms. The van der Waals surface area contributed by atoms with Crippen LogP contribution in [0.4, 0.5) is 5.69 Å². The molecule has 0 fully saturated rings. The molecule has 2 rings (SSSR count). The molecule has 1 heterocycles. The van der Waals surface area contributed by atoms with Crippen LogP contribution < -0.4 is 5.32 Å². The van der Waals surface area contributed by atoms with E-state index in [4.69, 9.17) is 0 Å². The van der Waals surface area contributed by atoms with Gasteiger partial charge >= 0.3 is 0 Å². The Morgan fingerprint density at radius 2 is 2.12 bits per heavy atom. The molecule has 2 N–H and O–H groups in total. The molecule has 0 aliphatic rings. The normalized spacial score (nSPS) is 10.1. The lowest BCUT2D eigenvalue weighted by Crippen LogP contribution is -2.00. The fraction of sp³-hybridized carbons (Fsp3) is 0.0833. The van der Waals surface area contributed by atoms with Crippen LogP contribution in [0.3, 0.4) is 0 Å². The van der Waals surface area contributed by atoms with Crippen LogP contribution in [-0.2, 0) is 6.54 Å². The number of rotatable bonds is 3. The Labute approximate surface area is 102 Å². The predicted molar refractivity (Wildman–Crippen MR) is 67.4 cm³/mol. The summed E-state index contributed by atoms with van der Waals surface area (Å²) in [5.74, 6) is 0.257. The lowest BCUT2D eigenvalue weighted by atomic mass is 10.3. The molecule has 0 spiro atoms. The van der Waals surface area contributed by atoms with E-state index < -0.39 is 0 Å². The van der Waals surface area contributed by atoms with Crippen LogP contribution in [0.5, 0.6) is 5.75 Å². The molecule has 0 atom stereocenters. The second kappa shape index (κ2) is 4.99. The van der Waals surface area contributed by atoms with Gasteiger partial charge in [0.2, 0.25) is 0 Å². The number of nitrogens with one attached hydrogen (secondary N) is 1. The third-order valence-electron chi connectivity index (χ3n) is 2.10. The SMILES string of the molecule is Oc1cccc(NCc2cc(Br)ccn2)c1. The maximum absolute atomic E-state index is 9.29. The molecule has 0 bridgehead atoms. The molecule has 0 unspecified atom stereocenters. The smallest absolute Gasteiger partial charge is 0.117 e. The first-order valence-electron chi connectivity index (χ1n) is 4.87. The molecule has 0 amide bonds. The van der Waals surface area contributed by atoms with Crippen LogP contribution in [0.2, 0.25) is 0 Å². The van der Waals surface area contributed by atoms with Gasteiger partial charge < -0.3 is 10.4 Å². The minimum absolute atomic E-state index is 0.257. The van der Waals surface area contributed by atoms with Crippen molar-refractivity contribution in [3.8, 4) is 5.75 Å². The number of halogens is 1. The summed E-state index contributed by atoms with van der Waals surface area (Å²) >= 11 is 3.39. The second-order valence-electron chi connectivity index (χ2n) is 3.37. The van der Waals surface area contributed by atoms with Crippen molar-refractivity contribution in [1.82, 2.24) is 4.98 Å². The Morgan fingerprint density at radius 3 is 2.88 bits per heavy atom. The van der Waals surface area contributed by atoms with Crippen LogP contribution in [0.1, 0.15) is 5.69 Å². The predicted octanol–water partition coefficient (Wildman–Crippen LogP) is 3.16. The van der Waals surface area contributed by atoms with Gasteiger partial charge in [-0.15, -0.1) is 0 Å². The minimum atomic E-state index is 0.257. The average Bonchev–Trinajstić information content (AvgIpc) is 2.27. The van der Waals surface area contributed by atoms with Gasteiger partial charge in [-0.05, 0) is 24.3 Å². The fourth-order valence-corrected chi connectivity index (χ4v) is 1.74. The molecule has 0 aliphatic heterocycles. The number of phenolic OH excluding ortho intramolecular Hbond substituents is 1. The molecule has 1 aromatic carbocycles. The van der Waals surface area contributed by atoms with Crippen molar-refractivity contribution in [1.29, 1.82) is 0 Å². The first-order chi connectivity index (χ1) is 7.74. The van der Waals surface area contributed by atoms with Crippen molar-refractivity contribution >= 4 is 21.6 Å². The molecule has 82 valence electrons. The molecule has 0 saturated carbocycles. The van der Waals surface area contributed by atoms with Gasteiger partial charge in [0.05, 0.1) is 12.2 Å². The molecule has 1 aromatic heterocycles. The molecule has 0 radical (unpaired) electrons. The van der Waals surface area contributed by atoms with Gasteiger partial charge in [0.25, 0.3) is 0 Å². The number of hydrogen-bond acceptors (Lipinski definition) is 3. The van der Waals surface area contributed by atoms with E-state index in [1.807, 2.05) is 18.2 Å². The average molecular weight is 279 g/mol. The van der Waals surface area contributed by atoms with Gasteiger partial charge in [0.1, 0.15) is 5.75 Å². The summed E-state index contributed by atoms with van der Waals surface area (Å²) < 4.78 is 1.01. The summed E-state index contributed by atoms with van der Waals surface area (Å²) in [6.07, 6.45) is 1.75. The van der Waals surface area contributed by atoms with Crippen LogP contribution in [0.15, 0.2) is 47.1 Å². The third kappa shape index (κ3) is 2.97. The lowest BCUT2D eigenvalue weighted by Gasteiger charge is -2.06. The van der Waals surface area contributed by atoms with E-state index in [0.717, 1.165) is 15.9 Å². The fourth-order valence-electron chi connectivity index (χ4n) is 1.35. The highest BCUT2D eigenvalue weighted by molar-refractivity contribution is 9.10. The molecule has 0 saturated heterocycles. The highest BCUT2D eigenvalue weighted by atomic mass is 79.9. The number of anilines is 1. The first kappa shape index (κ1) is 11.0. The van der Waals surface area contributed by atoms with Gasteiger partial charge in [-0.25, -0.2) is 0 Å². The van der Waals surface area contributed by atoms with Gasteiger partial charge in [0, 0.05) is 22.4 Å². The maximum Gasteiger partial charge on any atom is 0.117 e. The van der Waals surface area contributed by atoms with Crippen molar-refractivity contribution in [2.24, 2.45) is 0 Å². The van der Waals surface area contributed by atoms with E-state index >= 15 is 0 Å². The van der Waals surface area contributed by atoms with E-state index in [9.17, 15) is 5.11 Å². The van der Waals surface area contributed by atoms with Gasteiger partial charge in [-0.2, -0.15) is 0 Å². The molecular formula is C12H11BrN2O. The first-order valence-corrected chi connectivity index (χ1v) is 5.67. The van der Waals surface area contributed by atoms with Crippen LogP contribution in [-0.4, -0.2) is 10.1 Å². The van der Waals surface area contributed by atoms with Crippen molar-refractivity contribution in [2.75, 3.05) is 5.32 Å². The molecule has 16 heavy (non-hydrogen) atoms. The molecule has 3 nitrogen and oxygen atoms in total. The number of aromatic nitrogens is 1. The van der Waals surface area contributed by atoms with E-state index in [0.29, 0.717) is 6.54 Å². The van der Waals surface area contributed by atoms with Crippen LogP contribution in [0, 0.1) is 0 Å². The zero-order valence-electron chi connectivity index (χ0n) is 8.52. The summed E-state index contributed by atoms with van der Waals surface area (Å²) in [6, 6.07) is 10.9. The monoisotopic (exact) mass is 278 g/mol. The Morgan fingerprint density at radius 1 is 1.25 bits per heavy atom. The second-order valence-corrected chi connectivity index (χ2v) is 4.28. The van der Waals surface area contributed by atoms with Crippen LogP contribution in [0.25, 0.3) is 0 Å². The van der Waals surface area contributed by atoms with E-state index in [1.54, 1.807) is 24.4 Å². The number of hydrogen-bond donors (Lipinski definition) is 2. The quantitative estimate of drug-likeness (QED) is 0.907. The summed E-state index contributed by atoms with van der Waals surface area (Å²) in [4.78, 5) is 4.22. The van der Waals surface area contributed by atoms with E-state index in [2.05, 4.69) is 26.2 Å². The minimum Gasteiger partial charge on any atom is -0.508 e. The summed E-state index contributed by atoms with van der Waals surface area (Å²) in [5, 5.41) is 12.5. The number of phenols is 1. The zero-order valence-corrected chi connectivity index (χ0v) is 10.1. The number of pyridine rings is 1. The zero-order chi connectivity index (χ0) is 11.4. The highest BCUT2D eigenvalue weighted by Crippen LogP contribution is 2.16. The summed E-state index contributed by atoms with van der Waals surface area (Å²) in [5.41, 5.74) is 1.82. The Hall–Kier alpha value is -1.55. The summed E-state index contributed by atoms with van der Waals surface area (Å²) in [7, 11) is 0. The van der Waals surface area contributed by atoms with Crippen molar-refractivity contribution in [3.05, 3.63) is 52.8 Å².